The van der Waals surface area contributed by atoms with E-state index in [-0.39, 0.29) is 5.82 Å². The van der Waals surface area contributed by atoms with E-state index < -0.39 is 0 Å². The summed E-state index contributed by atoms with van der Waals surface area (Å²) >= 11 is 21.9. The van der Waals surface area contributed by atoms with Crippen molar-refractivity contribution in [1.29, 1.82) is 0 Å². The molecule has 37 heavy (non-hydrogen) atoms. The second-order valence-corrected chi connectivity index (χ2v) is 11.3. The normalized spacial score (nSPS) is 15.0. The first-order chi connectivity index (χ1) is 17.8. The van der Waals surface area contributed by atoms with Crippen LogP contribution in [0, 0.1) is 19.7 Å². The smallest absolute Gasteiger partial charge is 0.157 e. The van der Waals surface area contributed by atoms with E-state index in [4.69, 9.17) is 39.5 Å². The Morgan fingerprint density at radius 1 is 0.946 bits per heavy atom. The Morgan fingerprint density at radius 2 is 1.59 bits per heavy atom. The zero-order valence-corrected chi connectivity index (χ0v) is 23.8. The molecule has 0 atom stereocenters. The first-order valence-corrected chi connectivity index (χ1v) is 13.9. The monoisotopic (exact) mass is 578 g/mol. The van der Waals surface area contributed by atoms with Crippen molar-refractivity contribution in [2.75, 3.05) is 46.4 Å². The fourth-order valence-corrected chi connectivity index (χ4v) is 6.70. The molecule has 0 radical (unpaired) electrons. The van der Waals surface area contributed by atoms with E-state index in [1.54, 1.807) is 12.1 Å². The van der Waals surface area contributed by atoms with Crippen molar-refractivity contribution in [1.82, 2.24) is 19.8 Å². The van der Waals surface area contributed by atoms with Gasteiger partial charge in [0.25, 0.3) is 0 Å². The van der Waals surface area contributed by atoms with Crippen LogP contribution in [-0.4, -0.2) is 66.1 Å². The highest BCUT2D eigenvalue weighted by atomic mass is 35.5. The third-order valence-corrected chi connectivity index (χ3v) is 9.20. The molecule has 0 aliphatic carbocycles. The second kappa shape index (κ2) is 11.0. The van der Waals surface area contributed by atoms with Crippen molar-refractivity contribution in [3.05, 3.63) is 62.7 Å². The Labute approximate surface area is 234 Å². The van der Waals surface area contributed by atoms with Gasteiger partial charge in [0.1, 0.15) is 28.7 Å². The lowest BCUT2D eigenvalue weighted by molar-refractivity contribution is 0.134. The van der Waals surface area contributed by atoms with Crippen molar-refractivity contribution in [3.63, 3.8) is 0 Å². The molecular weight excluding hydrogens is 554 g/mol. The summed E-state index contributed by atoms with van der Waals surface area (Å²) in [7, 11) is 2.14. The van der Waals surface area contributed by atoms with E-state index in [9.17, 15) is 4.39 Å². The Bertz CT molecular complexity index is 1420. The molecule has 0 spiro atoms. The molecule has 4 aromatic rings. The van der Waals surface area contributed by atoms with E-state index >= 15 is 0 Å². The lowest BCUT2D eigenvalue weighted by Crippen LogP contribution is -2.45. The standard InChI is InChI=1S/C27H26Cl3FN4OS/c1-15-19(16(2)23(29)24(22(15)28)36-13-12-35-10-8-34(3)9-11-35)20-21-26(30)32-14-33-27(21)37-25(20)17-4-6-18(31)7-5-17/h4-7,14H,8-13H2,1-3H3. The molecule has 194 valence electrons. The number of piperazine rings is 1. The van der Waals surface area contributed by atoms with Crippen LogP contribution in [0.4, 0.5) is 4.39 Å². The van der Waals surface area contributed by atoms with Crippen LogP contribution in [0.1, 0.15) is 11.1 Å². The Balaban J connectivity index is 1.57. The molecule has 0 unspecified atom stereocenters. The van der Waals surface area contributed by atoms with Gasteiger partial charge in [-0.2, -0.15) is 0 Å². The Kier molecular flexibility index (Phi) is 7.91. The molecule has 10 heteroatoms. The average Bonchev–Trinajstić information content (AvgIpc) is 3.27. The molecule has 1 aliphatic heterocycles. The fraction of sp³-hybridized carbons (Fsp3) is 0.333. The first kappa shape index (κ1) is 26.6. The van der Waals surface area contributed by atoms with Gasteiger partial charge in [-0.05, 0) is 55.3 Å². The summed E-state index contributed by atoms with van der Waals surface area (Å²) < 4.78 is 19.9. The third-order valence-electron chi connectivity index (χ3n) is 6.86. The number of hydrogen-bond acceptors (Lipinski definition) is 6. The number of aromatic nitrogens is 2. The van der Waals surface area contributed by atoms with Gasteiger partial charge in [0.15, 0.2) is 5.75 Å². The van der Waals surface area contributed by atoms with E-state index in [0.29, 0.717) is 27.6 Å². The summed E-state index contributed by atoms with van der Waals surface area (Å²) in [6.07, 6.45) is 1.44. The maximum Gasteiger partial charge on any atom is 0.157 e. The quantitative estimate of drug-likeness (QED) is 0.223. The fourth-order valence-electron chi connectivity index (χ4n) is 4.73. The summed E-state index contributed by atoms with van der Waals surface area (Å²) in [6, 6.07) is 6.37. The molecule has 5 rings (SSSR count). The topological polar surface area (TPSA) is 41.5 Å². The lowest BCUT2D eigenvalue weighted by atomic mass is 9.92. The number of benzene rings is 2. The molecule has 0 bridgehead atoms. The number of thiophene rings is 1. The van der Waals surface area contributed by atoms with Crippen LogP contribution >= 0.6 is 46.1 Å². The van der Waals surface area contributed by atoms with Crippen molar-refractivity contribution in [3.8, 4) is 27.3 Å². The van der Waals surface area contributed by atoms with Crippen molar-refractivity contribution in [2.24, 2.45) is 0 Å². The van der Waals surface area contributed by atoms with Crippen LogP contribution in [0.5, 0.6) is 5.75 Å². The van der Waals surface area contributed by atoms with Gasteiger partial charge >= 0.3 is 0 Å². The van der Waals surface area contributed by atoms with Crippen molar-refractivity contribution in [2.45, 2.75) is 13.8 Å². The SMILES string of the molecule is Cc1c(Cl)c(OCCN2CCN(C)CC2)c(Cl)c(C)c1-c1c(-c2ccc(F)cc2)sc2ncnc(Cl)c12. The largest absolute Gasteiger partial charge is 0.489 e. The predicted octanol–water partition coefficient (Wildman–Crippen LogP) is 7.37. The zero-order valence-electron chi connectivity index (χ0n) is 20.7. The molecule has 1 aliphatic rings. The second-order valence-electron chi connectivity index (χ2n) is 9.23. The molecule has 1 fully saturated rings. The summed E-state index contributed by atoms with van der Waals surface area (Å²) in [5.74, 6) is 0.183. The maximum absolute atomic E-state index is 13.7. The van der Waals surface area contributed by atoms with Gasteiger partial charge in [0.2, 0.25) is 0 Å². The first-order valence-electron chi connectivity index (χ1n) is 12.0. The van der Waals surface area contributed by atoms with Crippen LogP contribution in [0.25, 0.3) is 31.8 Å². The molecule has 0 amide bonds. The Hall–Kier alpha value is -2.00. The highest BCUT2D eigenvalue weighted by Gasteiger charge is 2.27. The zero-order chi connectivity index (χ0) is 26.3. The molecule has 3 heterocycles. The number of hydrogen-bond donors (Lipinski definition) is 0. The van der Waals surface area contributed by atoms with Crippen LogP contribution in [0.15, 0.2) is 30.6 Å². The van der Waals surface area contributed by atoms with Crippen LogP contribution < -0.4 is 4.74 Å². The highest BCUT2D eigenvalue weighted by molar-refractivity contribution is 7.22. The minimum absolute atomic E-state index is 0.305. The maximum atomic E-state index is 13.7. The van der Waals surface area contributed by atoms with Gasteiger partial charge in [-0.3, -0.25) is 4.90 Å². The minimum atomic E-state index is -0.305. The highest BCUT2D eigenvalue weighted by Crippen LogP contribution is 2.52. The molecule has 1 saturated heterocycles. The summed E-state index contributed by atoms with van der Waals surface area (Å²) in [4.78, 5) is 15.0. The van der Waals surface area contributed by atoms with E-state index in [2.05, 4.69) is 26.8 Å². The van der Waals surface area contributed by atoms with Crippen LogP contribution in [0.2, 0.25) is 15.2 Å². The Morgan fingerprint density at radius 3 is 2.24 bits per heavy atom. The van der Waals surface area contributed by atoms with Gasteiger partial charge < -0.3 is 9.64 Å². The lowest BCUT2D eigenvalue weighted by Gasteiger charge is -2.32. The number of rotatable bonds is 6. The average molecular weight is 580 g/mol. The third kappa shape index (κ3) is 5.18. The predicted molar refractivity (Wildman–Crippen MR) is 152 cm³/mol. The molecule has 0 saturated carbocycles. The van der Waals surface area contributed by atoms with Gasteiger partial charge in [0.05, 0.1) is 15.4 Å². The minimum Gasteiger partial charge on any atom is -0.489 e. The van der Waals surface area contributed by atoms with E-state index in [1.807, 2.05) is 13.8 Å². The van der Waals surface area contributed by atoms with Gasteiger partial charge in [-0.15, -0.1) is 11.3 Å². The van der Waals surface area contributed by atoms with Gasteiger partial charge in [-0.1, -0.05) is 46.9 Å². The van der Waals surface area contributed by atoms with Gasteiger partial charge in [0, 0.05) is 43.2 Å². The molecule has 0 N–H and O–H groups in total. The summed E-state index contributed by atoms with van der Waals surface area (Å²) in [5, 5.41) is 1.97. The number of ether oxygens (including phenoxy) is 1. The summed E-state index contributed by atoms with van der Waals surface area (Å²) in [5.41, 5.74) is 4.17. The van der Waals surface area contributed by atoms with Crippen molar-refractivity contribution >= 4 is 56.4 Å². The van der Waals surface area contributed by atoms with Crippen LogP contribution in [0.3, 0.4) is 0 Å². The molecule has 2 aromatic carbocycles. The number of fused-ring (bicyclic) bond motifs is 1. The number of nitrogens with zero attached hydrogens (tertiary/aromatic N) is 4. The summed E-state index contributed by atoms with van der Waals surface area (Å²) in [6.45, 7) is 9.31. The van der Waals surface area contributed by atoms with Gasteiger partial charge in [-0.25, -0.2) is 14.4 Å². The number of halogens is 4. The number of likely N-dealkylation sites (N-methyl/N-ethyl adjacent to an activating group) is 1. The van der Waals surface area contributed by atoms with E-state index in [0.717, 1.165) is 75.6 Å². The molecule has 2 aromatic heterocycles. The van der Waals surface area contributed by atoms with Crippen molar-refractivity contribution < 1.29 is 9.13 Å². The van der Waals surface area contributed by atoms with E-state index in [1.165, 1.54) is 29.8 Å². The molecule has 5 nitrogen and oxygen atoms in total. The van der Waals surface area contributed by atoms with Crippen LogP contribution in [-0.2, 0) is 0 Å². The molecular formula is C27H26Cl3FN4OS.